The molecule has 4 nitrogen and oxygen atoms in total. The molecule has 1 saturated carbocycles. The first-order valence-corrected chi connectivity index (χ1v) is 8.37. The van der Waals surface area contributed by atoms with Gasteiger partial charge in [0.1, 0.15) is 11.7 Å². The SMILES string of the molecule is CN(CC1OCC2(CC2)c2cc(F)sc21)C(=O)OC(C)(C)C. The number of hydrogen-bond acceptors (Lipinski definition) is 4. The van der Waals surface area contributed by atoms with E-state index in [1.807, 2.05) is 20.8 Å². The quantitative estimate of drug-likeness (QED) is 0.828. The Kier molecular flexibility index (Phi) is 3.72. The molecule has 0 saturated heterocycles. The van der Waals surface area contributed by atoms with Gasteiger partial charge in [-0.05, 0) is 45.2 Å². The smallest absolute Gasteiger partial charge is 0.410 e. The zero-order chi connectivity index (χ0) is 16.1. The fraction of sp³-hybridized carbons (Fsp3) is 0.688. The highest BCUT2D eigenvalue weighted by molar-refractivity contribution is 7.10. The summed E-state index contributed by atoms with van der Waals surface area (Å²) in [5, 5.41) is -0.174. The molecule has 0 aromatic carbocycles. The number of nitrogens with zero attached hydrogens (tertiary/aromatic N) is 1. The molecule has 1 amide bonds. The van der Waals surface area contributed by atoms with Crippen molar-refractivity contribution in [3.05, 3.63) is 21.6 Å². The normalized spacial score (nSPS) is 22.3. The molecule has 2 heterocycles. The van der Waals surface area contributed by atoms with E-state index in [1.165, 1.54) is 4.90 Å². The maximum absolute atomic E-state index is 13.7. The van der Waals surface area contributed by atoms with Gasteiger partial charge in [0.15, 0.2) is 5.13 Å². The van der Waals surface area contributed by atoms with Crippen molar-refractivity contribution in [3.8, 4) is 0 Å². The first-order chi connectivity index (χ1) is 10.2. The van der Waals surface area contributed by atoms with Crippen LogP contribution in [0.1, 0.15) is 50.2 Å². The average Bonchev–Trinajstić information content (AvgIpc) is 3.05. The summed E-state index contributed by atoms with van der Waals surface area (Å²) in [4.78, 5) is 14.5. The molecule has 1 aliphatic heterocycles. The summed E-state index contributed by atoms with van der Waals surface area (Å²) >= 11 is 1.14. The maximum atomic E-state index is 13.7. The van der Waals surface area contributed by atoms with Crippen LogP contribution in [0.3, 0.4) is 0 Å². The van der Waals surface area contributed by atoms with Gasteiger partial charge in [0.05, 0.1) is 13.2 Å². The van der Waals surface area contributed by atoms with E-state index in [2.05, 4.69) is 0 Å². The Balaban J connectivity index is 1.72. The van der Waals surface area contributed by atoms with Crippen molar-refractivity contribution in [1.29, 1.82) is 0 Å². The molecule has 0 radical (unpaired) electrons. The van der Waals surface area contributed by atoms with Gasteiger partial charge >= 0.3 is 6.09 Å². The minimum Gasteiger partial charge on any atom is -0.444 e. The van der Waals surface area contributed by atoms with Crippen LogP contribution < -0.4 is 0 Å². The number of rotatable bonds is 2. The van der Waals surface area contributed by atoms with Gasteiger partial charge in [0.25, 0.3) is 0 Å². The van der Waals surface area contributed by atoms with E-state index in [9.17, 15) is 9.18 Å². The second-order valence-corrected chi connectivity index (χ2v) is 8.30. The lowest BCUT2D eigenvalue weighted by Crippen LogP contribution is -2.38. The van der Waals surface area contributed by atoms with Crippen molar-refractivity contribution < 1.29 is 18.7 Å². The van der Waals surface area contributed by atoms with Crippen LogP contribution in [-0.4, -0.2) is 36.8 Å². The van der Waals surface area contributed by atoms with Crippen molar-refractivity contribution in [2.45, 2.75) is 50.7 Å². The van der Waals surface area contributed by atoms with E-state index >= 15 is 0 Å². The predicted octanol–water partition coefficient (Wildman–Crippen LogP) is 3.86. The molecular weight excluding hydrogens is 305 g/mol. The molecule has 122 valence electrons. The number of amides is 1. The fourth-order valence-corrected chi connectivity index (χ4v) is 3.85. The number of ether oxygens (including phenoxy) is 2. The molecule has 0 bridgehead atoms. The van der Waals surface area contributed by atoms with Gasteiger partial charge in [0, 0.05) is 17.3 Å². The van der Waals surface area contributed by atoms with Gasteiger partial charge in [-0.15, -0.1) is 11.3 Å². The highest BCUT2D eigenvalue weighted by atomic mass is 32.1. The number of likely N-dealkylation sites (N-methyl/N-ethyl adjacent to an activating group) is 1. The van der Waals surface area contributed by atoms with Gasteiger partial charge < -0.3 is 14.4 Å². The number of carbonyl (C=O) groups excluding carboxylic acids is 1. The molecule has 1 fully saturated rings. The Hall–Kier alpha value is -1.14. The molecule has 1 aromatic heterocycles. The van der Waals surface area contributed by atoms with E-state index in [4.69, 9.17) is 9.47 Å². The highest BCUT2D eigenvalue weighted by Gasteiger charge is 2.51. The average molecular weight is 327 g/mol. The minimum atomic E-state index is -0.531. The van der Waals surface area contributed by atoms with Crippen LogP contribution >= 0.6 is 11.3 Å². The van der Waals surface area contributed by atoms with Gasteiger partial charge in [-0.25, -0.2) is 4.79 Å². The molecule has 1 spiro atoms. The van der Waals surface area contributed by atoms with Crippen LogP contribution in [0.4, 0.5) is 9.18 Å². The first kappa shape index (κ1) is 15.7. The molecular formula is C16H22FNO3S. The number of thiophene rings is 1. The van der Waals surface area contributed by atoms with Crippen LogP contribution in [0.15, 0.2) is 6.07 Å². The zero-order valence-electron chi connectivity index (χ0n) is 13.4. The third-order valence-corrected chi connectivity index (χ3v) is 5.17. The lowest BCUT2D eigenvalue weighted by atomic mass is 9.93. The molecule has 2 aliphatic rings. The monoisotopic (exact) mass is 327 g/mol. The van der Waals surface area contributed by atoms with Crippen molar-refractivity contribution in [1.82, 2.24) is 4.90 Å². The molecule has 1 aromatic rings. The van der Waals surface area contributed by atoms with Crippen LogP contribution in [0.5, 0.6) is 0 Å². The van der Waals surface area contributed by atoms with E-state index < -0.39 is 5.60 Å². The third-order valence-electron chi connectivity index (χ3n) is 4.15. The predicted molar refractivity (Wildman–Crippen MR) is 82.7 cm³/mol. The topological polar surface area (TPSA) is 38.8 Å². The summed E-state index contributed by atoms with van der Waals surface area (Å²) < 4.78 is 25.0. The summed E-state index contributed by atoms with van der Waals surface area (Å²) in [5.74, 6) is 0. The van der Waals surface area contributed by atoms with E-state index in [0.29, 0.717) is 13.2 Å². The molecule has 0 N–H and O–H groups in total. The Morgan fingerprint density at radius 3 is 2.82 bits per heavy atom. The number of carbonyl (C=O) groups is 1. The van der Waals surface area contributed by atoms with Crippen molar-refractivity contribution in [3.63, 3.8) is 0 Å². The van der Waals surface area contributed by atoms with Crippen LogP contribution in [0.2, 0.25) is 0 Å². The lowest BCUT2D eigenvalue weighted by molar-refractivity contribution is -0.00925. The number of hydrogen-bond donors (Lipinski definition) is 0. The van der Waals surface area contributed by atoms with E-state index in [-0.39, 0.29) is 22.7 Å². The largest absolute Gasteiger partial charge is 0.444 e. The van der Waals surface area contributed by atoms with E-state index in [0.717, 1.165) is 34.6 Å². The van der Waals surface area contributed by atoms with Crippen LogP contribution in [0, 0.1) is 5.13 Å². The first-order valence-electron chi connectivity index (χ1n) is 7.56. The Bertz CT molecular complexity index is 589. The second kappa shape index (κ2) is 5.20. The van der Waals surface area contributed by atoms with Crippen molar-refractivity contribution >= 4 is 17.4 Å². The van der Waals surface area contributed by atoms with Gasteiger partial charge in [-0.2, -0.15) is 4.39 Å². The van der Waals surface area contributed by atoms with Gasteiger partial charge in [0.2, 0.25) is 0 Å². The zero-order valence-corrected chi connectivity index (χ0v) is 14.3. The molecule has 1 atom stereocenters. The fourth-order valence-electron chi connectivity index (χ4n) is 2.80. The van der Waals surface area contributed by atoms with E-state index in [1.54, 1.807) is 13.1 Å². The summed E-state index contributed by atoms with van der Waals surface area (Å²) in [7, 11) is 1.68. The summed E-state index contributed by atoms with van der Waals surface area (Å²) in [5.41, 5.74) is 0.595. The molecule has 3 rings (SSSR count). The Morgan fingerprint density at radius 2 is 2.23 bits per heavy atom. The third kappa shape index (κ3) is 2.99. The summed E-state index contributed by atoms with van der Waals surface area (Å²) in [6.07, 6.45) is 1.46. The van der Waals surface area contributed by atoms with Crippen molar-refractivity contribution in [2.24, 2.45) is 0 Å². The number of halogens is 1. The maximum Gasteiger partial charge on any atom is 0.410 e. The van der Waals surface area contributed by atoms with Gasteiger partial charge in [-0.1, -0.05) is 0 Å². The standard InChI is InChI=1S/C16H22FNO3S/c1-15(2,3)21-14(19)18(4)8-11-13-10(7-12(17)22-13)16(5-6-16)9-20-11/h7,11H,5-6,8-9H2,1-4H3. The molecule has 6 heteroatoms. The second-order valence-electron chi connectivity index (χ2n) is 7.27. The van der Waals surface area contributed by atoms with Crippen LogP contribution in [0.25, 0.3) is 0 Å². The minimum absolute atomic E-state index is 0.0389. The summed E-state index contributed by atoms with van der Waals surface area (Å²) in [6.45, 7) is 6.49. The Labute approximate surface area is 134 Å². The number of fused-ring (bicyclic) bond motifs is 2. The Morgan fingerprint density at radius 1 is 1.55 bits per heavy atom. The summed E-state index contributed by atoms with van der Waals surface area (Å²) in [6, 6.07) is 1.65. The van der Waals surface area contributed by atoms with Gasteiger partial charge in [-0.3, -0.25) is 0 Å². The van der Waals surface area contributed by atoms with Crippen LogP contribution in [-0.2, 0) is 14.9 Å². The molecule has 1 unspecified atom stereocenters. The lowest BCUT2D eigenvalue weighted by Gasteiger charge is -2.32. The van der Waals surface area contributed by atoms with Crippen molar-refractivity contribution in [2.75, 3.05) is 20.2 Å². The highest BCUT2D eigenvalue weighted by Crippen LogP contribution is 2.55. The molecule has 22 heavy (non-hydrogen) atoms. The molecule has 1 aliphatic carbocycles.